The second kappa shape index (κ2) is 6.39. The van der Waals surface area contributed by atoms with Crippen molar-refractivity contribution in [1.29, 1.82) is 0 Å². The number of hydrogen-bond donors (Lipinski definition) is 3. The van der Waals surface area contributed by atoms with Gasteiger partial charge in [0.2, 0.25) is 0 Å². The number of hydrogen-bond acceptors (Lipinski definition) is 5. The van der Waals surface area contributed by atoms with Crippen molar-refractivity contribution in [3.63, 3.8) is 0 Å². The van der Waals surface area contributed by atoms with Crippen molar-refractivity contribution < 1.29 is 5.11 Å². The van der Waals surface area contributed by atoms with E-state index >= 15 is 0 Å². The molecule has 1 unspecified atom stereocenters. The predicted molar refractivity (Wildman–Crippen MR) is 70.3 cm³/mol. The molecule has 0 spiro atoms. The first kappa shape index (κ1) is 13.7. The lowest BCUT2D eigenvalue weighted by molar-refractivity contribution is 0.249. The number of anilines is 2. The third-order valence-electron chi connectivity index (χ3n) is 2.75. The first-order valence-electron chi connectivity index (χ1n) is 6.03. The predicted octanol–water partition coefficient (Wildman–Crippen LogP) is 1.65. The molecule has 3 N–H and O–H groups in total. The van der Waals surface area contributed by atoms with E-state index in [2.05, 4.69) is 34.4 Å². The molecule has 0 saturated carbocycles. The Bertz CT molecular complexity index is 354. The van der Waals surface area contributed by atoms with Crippen LogP contribution in [0.5, 0.6) is 0 Å². The fourth-order valence-electron chi connectivity index (χ4n) is 1.54. The smallest absolute Gasteiger partial charge is 0.134 e. The molecule has 0 radical (unpaired) electrons. The van der Waals surface area contributed by atoms with E-state index in [-0.39, 0.29) is 12.6 Å². The van der Waals surface area contributed by atoms with Crippen LogP contribution in [0.25, 0.3) is 0 Å². The Hall–Kier alpha value is -1.36. The van der Waals surface area contributed by atoms with E-state index in [0.29, 0.717) is 5.92 Å². The lowest BCUT2D eigenvalue weighted by atomic mass is 10.1. The summed E-state index contributed by atoms with van der Waals surface area (Å²) in [7, 11) is 0. The highest BCUT2D eigenvalue weighted by Crippen LogP contribution is 2.20. The van der Waals surface area contributed by atoms with Crippen LogP contribution in [0.4, 0.5) is 11.6 Å². The zero-order valence-electron chi connectivity index (χ0n) is 11.0. The van der Waals surface area contributed by atoms with Gasteiger partial charge in [-0.05, 0) is 19.8 Å². The van der Waals surface area contributed by atoms with Crippen molar-refractivity contribution in [1.82, 2.24) is 9.97 Å². The highest BCUT2D eigenvalue weighted by Gasteiger charge is 2.14. The van der Waals surface area contributed by atoms with Crippen LogP contribution in [0.15, 0.2) is 6.33 Å². The maximum absolute atomic E-state index is 9.30. The third kappa shape index (κ3) is 3.56. The van der Waals surface area contributed by atoms with Crippen molar-refractivity contribution in [3.8, 4) is 0 Å². The van der Waals surface area contributed by atoms with Crippen LogP contribution in [-0.2, 0) is 0 Å². The molecule has 5 nitrogen and oxygen atoms in total. The standard InChI is InChI=1S/C12H22N4O/c1-5-13-11-9(4)12(15-7-14-11)16-10(6-17)8(2)3/h7-8,10,17H,5-6H2,1-4H3,(H2,13,14,15,16). The number of nitrogens with one attached hydrogen (secondary N) is 2. The maximum Gasteiger partial charge on any atom is 0.134 e. The van der Waals surface area contributed by atoms with Crippen LogP contribution in [0.3, 0.4) is 0 Å². The Morgan fingerprint density at radius 1 is 1.29 bits per heavy atom. The molecule has 1 heterocycles. The molecule has 0 bridgehead atoms. The normalized spacial score (nSPS) is 12.6. The molecule has 1 rings (SSSR count). The van der Waals surface area contributed by atoms with E-state index in [1.165, 1.54) is 6.33 Å². The summed E-state index contributed by atoms with van der Waals surface area (Å²) in [5.41, 5.74) is 0.980. The lowest BCUT2D eigenvalue weighted by Gasteiger charge is -2.22. The van der Waals surface area contributed by atoms with Crippen LogP contribution in [0.2, 0.25) is 0 Å². The van der Waals surface area contributed by atoms with E-state index in [4.69, 9.17) is 0 Å². The molecule has 5 heteroatoms. The Kier molecular flexibility index (Phi) is 5.15. The minimum atomic E-state index is 0.0121. The van der Waals surface area contributed by atoms with Gasteiger partial charge in [-0.15, -0.1) is 0 Å². The summed E-state index contributed by atoms with van der Waals surface area (Å²) in [6.45, 7) is 9.04. The highest BCUT2D eigenvalue weighted by atomic mass is 16.3. The zero-order valence-corrected chi connectivity index (χ0v) is 11.0. The number of aliphatic hydroxyl groups excluding tert-OH is 1. The van der Waals surface area contributed by atoms with E-state index in [1.54, 1.807) is 0 Å². The SMILES string of the molecule is CCNc1ncnc(NC(CO)C(C)C)c1C. The molecule has 1 atom stereocenters. The number of nitrogens with zero attached hydrogens (tertiary/aromatic N) is 2. The Labute approximate surface area is 103 Å². The summed E-state index contributed by atoms with van der Waals surface area (Å²) in [6, 6.07) is 0.0121. The quantitative estimate of drug-likeness (QED) is 0.703. The van der Waals surface area contributed by atoms with Crippen molar-refractivity contribution in [2.75, 3.05) is 23.8 Å². The molecular weight excluding hydrogens is 216 g/mol. The summed E-state index contributed by atoms with van der Waals surface area (Å²) in [6.07, 6.45) is 1.53. The van der Waals surface area contributed by atoms with Gasteiger partial charge in [-0.1, -0.05) is 13.8 Å². The monoisotopic (exact) mass is 238 g/mol. The van der Waals surface area contributed by atoms with E-state index < -0.39 is 0 Å². The largest absolute Gasteiger partial charge is 0.394 e. The Morgan fingerprint density at radius 2 is 1.94 bits per heavy atom. The van der Waals surface area contributed by atoms with Crippen LogP contribution < -0.4 is 10.6 Å². The van der Waals surface area contributed by atoms with E-state index in [1.807, 2.05) is 13.8 Å². The molecule has 0 aliphatic rings. The van der Waals surface area contributed by atoms with Crippen LogP contribution >= 0.6 is 0 Å². The summed E-state index contributed by atoms with van der Waals surface area (Å²) >= 11 is 0. The van der Waals surface area contributed by atoms with Gasteiger partial charge in [-0.3, -0.25) is 0 Å². The van der Waals surface area contributed by atoms with E-state index in [9.17, 15) is 5.11 Å². The number of aliphatic hydroxyl groups is 1. The highest BCUT2D eigenvalue weighted by molar-refractivity contribution is 5.56. The molecule has 96 valence electrons. The molecule has 0 aliphatic heterocycles. The molecule has 0 fully saturated rings. The van der Waals surface area contributed by atoms with Crippen LogP contribution in [0.1, 0.15) is 26.3 Å². The fourth-order valence-corrected chi connectivity index (χ4v) is 1.54. The van der Waals surface area contributed by atoms with Crippen molar-refractivity contribution in [2.24, 2.45) is 5.92 Å². The number of aromatic nitrogens is 2. The Balaban J connectivity index is 2.87. The zero-order chi connectivity index (χ0) is 12.8. The van der Waals surface area contributed by atoms with E-state index in [0.717, 1.165) is 23.7 Å². The molecule has 0 amide bonds. The summed E-state index contributed by atoms with van der Waals surface area (Å²) in [5.74, 6) is 1.96. The molecule has 1 aromatic heterocycles. The van der Waals surface area contributed by atoms with Gasteiger partial charge in [0.05, 0.1) is 12.6 Å². The average molecular weight is 238 g/mol. The maximum atomic E-state index is 9.30. The summed E-state index contributed by atoms with van der Waals surface area (Å²) in [4.78, 5) is 8.40. The molecule has 1 aromatic rings. The van der Waals surface area contributed by atoms with Gasteiger partial charge >= 0.3 is 0 Å². The van der Waals surface area contributed by atoms with Gasteiger partial charge in [0.15, 0.2) is 0 Å². The molecule has 0 saturated heterocycles. The van der Waals surface area contributed by atoms with Crippen molar-refractivity contribution in [2.45, 2.75) is 33.7 Å². The lowest BCUT2D eigenvalue weighted by Crippen LogP contribution is -2.30. The van der Waals surface area contributed by atoms with Gasteiger partial charge in [-0.25, -0.2) is 9.97 Å². The topological polar surface area (TPSA) is 70.1 Å². The van der Waals surface area contributed by atoms with Gasteiger partial charge in [0, 0.05) is 12.1 Å². The molecule has 0 aliphatic carbocycles. The Morgan fingerprint density at radius 3 is 2.47 bits per heavy atom. The van der Waals surface area contributed by atoms with Crippen molar-refractivity contribution in [3.05, 3.63) is 11.9 Å². The van der Waals surface area contributed by atoms with Crippen LogP contribution in [-0.4, -0.2) is 34.3 Å². The van der Waals surface area contributed by atoms with Crippen molar-refractivity contribution >= 4 is 11.6 Å². The number of rotatable bonds is 6. The van der Waals surface area contributed by atoms with Gasteiger partial charge in [0.25, 0.3) is 0 Å². The van der Waals surface area contributed by atoms with Gasteiger partial charge in [-0.2, -0.15) is 0 Å². The first-order chi connectivity index (χ1) is 8.10. The fraction of sp³-hybridized carbons (Fsp3) is 0.667. The van der Waals surface area contributed by atoms with Crippen LogP contribution in [0, 0.1) is 12.8 Å². The first-order valence-corrected chi connectivity index (χ1v) is 6.03. The third-order valence-corrected chi connectivity index (χ3v) is 2.75. The summed E-state index contributed by atoms with van der Waals surface area (Å²) in [5, 5.41) is 15.7. The van der Waals surface area contributed by atoms with Gasteiger partial charge in [0.1, 0.15) is 18.0 Å². The second-order valence-corrected chi connectivity index (χ2v) is 4.40. The summed E-state index contributed by atoms with van der Waals surface area (Å²) < 4.78 is 0. The molecular formula is C12H22N4O. The molecule has 0 aromatic carbocycles. The minimum absolute atomic E-state index is 0.0121. The second-order valence-electron chi connectivity index (χ2n) is 4.40. The average Bonchev–Trinajstić information content (AvgIpc) is 2.30. The van der Waals surface area contributed by atoms with Gasteiger partial charge < -0.3 is 15.7 Å². The molecule has 17 heavy (non-hydrogen) atoms. The minimum Gasteiger partial charge on any atom is -0.394 e.